The molecule has 0 bridgehead atoms. The summed E-state index contributed by atoms with van der Waals surface area (Å²) in [5, 5.41) is 0. The molecule has 0 fully saturated rings. The number of hydrogen-bond acceptors (Lipinski definition) is 2. The lowest BCUT2D eigenvalue weighted by Crippen LogP contribution is -2.02. The predicted molar refractivity (Wildman–Crippen MR) is 68.4 cm³/mol. The average Bonchev–Trinajstić information content (AvgIpc) is 2.74. The second-order valence-electron chi connectivity index (χ2n) is 3.77. The summed E-state index contributed by atoms with van der Waals surface area (Å²) in [4.78, 5) is 4.21. The maximum atomic E-state index is 5.40. The van der Waals surface area contributed by atoms with Crippen LogP contribution in [0.5, 0.6) is 0 Å². The van der Waals surface area contributed by atoms with Gasteiger partial charge in [0.2, 0.25) is 0 Å². The highest BCUT2D eigenvalue weighted by molar-refractivity contribution is 5.41. The Morgan fingerprint density at radius 2 is 2.18 bits per heavy atom. The average molecular weight is 225 g/mol. The molecule has 0 saturated heterocycles. The molecule has 17 heavy (non-hydrogen) atoms. The van der Waals surface area contributed by atoms with Crippen LogP contribution in [-0.4, -0.2) is 16.1 Å². The lowest BCUT2D eigenvalue weighted by atomic mass is 10.1. The molecule has 1 heterocycles. The van der Waals surface area contributed by atoms with Crippen molar-refractivity contribution < 1.29 is 0 Å². The van der Waals surface area contributed by atoms with Crippen molar-refractivity contribution in [1.82, 2.24) is 9.55 Å². The quantitative estimate of drug-likeness (QED) is 0.788. The highest BCUT2D eigenvalue weighted by atomic mass is 15.0. The maximum Gasteiger partial charge on any atom is 0.105 e. The Kier molecular flexibility index (Phi) is 3.59. The number of nitrogens with zero attached hydrogens (tertiary/aromatic N) is 2. The molecule has 0 saturated carbocycles. The van der Waals surface area contributed by atoms with E-state index in [2.05, 4.69) is 27.5 Å². The van der Waals surface area contributed by atoms with Gasteiger partial charge < -0.3 is 10.3 Å². The van der Waals surface area contributed by atoms with Crippen molar-refractivity contribution in [1.29, 1.82) is 0 Å². The molecule has 0 atom stereocenters. The first kappa shape index (κ1) is 11.4. The van der Waals surface area contributed by atoms with Gasteiger partial charge >= 0.3 is 0 Å². The van der Waals surface area contributed by atoms with E-state index in [-0.39, 0.29) is 0 Å². The van der Waals surface area contributed by atoms with Crippen LogP contribution in [0.15, 0.2) is 36.7 Å². The molecule has 86 valence electrons. The van der Waals surface area contributed by atoms with Gasteiger partial charge in [0, 0.05) is 24.5 Å². The van der Waals surface area contributed by atoms with E-state index in [9.17, 15) is 0 Å². The highest BCUT2D eigenvalue weighted by Crippen LogP contribution is 2.10. The third kappa shape index (κ3) is 2.74. The molecule has 0 aliphatic rings. The minimum absolute atomic E-state index is 0.387. The Balaban J connectivity index is 2.30. The van der Waals surface area contributed by atoms with Crippen molar-refractivity contribution in [3.05, 3.63) is 53.6 Å². The number of benzene rings is 1. The number of aryl methyl sites for hydroxylation is 1. The van der Waals surface area contributed by atoms with Crippen molar-refractivity contribution in [3.63, 3.8) is 0 Å². The fraction of sp³-hybridized carbons (Fsp3) is 0.214. The van der Waals surface area contributed by atoms with Gasteiger partial charge in [-0.3, -0.25) is 0 Å². The molecule has 1 aromatic heterocycles. The summed E-state index contributed by atoms with van der Waals surface area (Å²) >= 11 is 0. The topological polar surface area (TPSA) is 43.8 Å². The number of imidazole rings is 1. The zero-order chi connectivity index (χ0) is 12.1. The van der Waals surface area contributed by atoms with E-state index in [1.165, 1.54) is 5.56 Å². The van der Waals surface area contributed by atoms with Crippen LogP contribution in [0.2, 0.25) is 0 Å². The van der Waals surface area contributed by atoms with Gasteiger partial charge in [-0.05, 0) is 18.6 Å². The van der Waals surface area contributed by atoms with Gasteiger partial charge in [-0.15, -0.1) is 0 Å². The summed E-state index contributed by atoms with van der Waals surface area (Å²) in [5.41, 5.74) is 7.62. The first-order valence-electron chi connectivity index (χ1n) is 5.56. The highest BCUT2D eigenvalue weighted by Gasteiger charge is 2.02. The first-order valence-corrected chi connectivity index (χ1v) is 5.56. The van der Waals surface area contributed by atoms with Gasteiger partial charge in [0.15, 0.2) is 0 Å². The molecule has 0 radical (unpaired) electrons. The molecule has 0 amide bonds. The molecule has 2 N–H and O–H groups in total. The molecule has 2 rings (SSSR count). The Labute approximate surface area is 101 Å². The third-order valence-corrected chi connectivity index (χ3v) is 2.61. The molecular weight excluding hydrogens is 210 g/mol. The molecule has 0 aliphatic heterocycles. The Morgan fingerprint density at radius 3 is 2.88 bits per heavy atom. The molecule has 0 spiro atoms. The fourth-order valence-electron chi connectivity index (χ4n) is 1.68. The SMILES string of the molecule is Cc1nccn1Cc1ccccc1C#CCN. The number of hydrogen-bond donors (Lipinski definition) is 1. The second kappa shape index (κ2) is 5.33. The predicted octanol–water partition coefficient (Wildman–Crippen LogP) is 1.55. The van der Waals surface area contributed by atoms with Crippen LogP contribution in [0.1, 0.15) is 17.0 Å². The molecule has 2 aromatic rings. The summed E-state index contributed by atoms with van der Waals surface area (Å²) in [7, 11) is 0. The largest absolute Gasteiger partial charge is 0.331 e. The Morgan fingerprint density at radius 1 is 1.35 bits per heavy atom. The van der Waals surface area contributed by atoms with Gasteiger partial charge in [-0.2, -0.15) is 0 Å². The fourth-order valence-corrected chi connectivity index (χ4v) is 1.68. The Bertz CT molecular complexity index is 558. The van der Waals surface area contributed by atoms with Crippen LogP contribution in [0.3, 0.4) is 0 Å². The monoisotopic (exact) mass is 225 g/mol. The van der Waals surface area contributed by atoms with Crippen molar-refractivity contribution in [2.24, 2.45) is 5.73 Å². The van der Waals surface area contributed by atoms with E-state index < -0.39 is 0 Å². The second-order valence-corrected chi connectivity index (χ2v) is 3.77. The lowest BCUT2D eigenvalue weighted by molar-refractivity contribution is 0.760. The van der Waals surface area contributed by atoms with E-state index in [4.69, 9.17) is 5.73 Å². The van der Waals surface area contributed by atoms with Crippen LogP contribution >= 0.6 is 0 Å². The third-order valence-electron chi connectivity index (χ3n) is 2.61. The normalized spacial score (nSPS) is 9.76. The molecule has 3 nitrogen and oxygen atoms in total. The van der Waals surface area contributed by atoms with Crippen molar-refractivity contribution >= 4 is 0 Å². The standard InChI is InChI=1S/C14H15N3/c1-12-16-9-10-17(12)11-14-6-3-2-5-13(14)7-4-8-15/h2-3,5-6,9-10H,8,11,15H2,1H3. The maximum absolute atomic E-state index is 5.40. The summed E-state index contributed by atoms with van der Waals surface area (Å²) in [6.07, 6.45) is 3.78. The van der Waals surface area contributed by atoms with Crippen LogP contribution in [0.25, 0.3) is 0 Å². The zero-order valence-electron chi connectivity index (χ0n) is 9.85. The number of rotatable bonds is 2. The van der Waals surface area contributed by atoms with Gasteiger partial charge in [0.25, 0.3) is 0 Å². The summed E-state index contributed by atoms with van der Waals surface area (Å²) in [6, 6.07) is 8.12. The molecule has 3 heteroatoms. The van der Waals surface area contributed by atoms with Gasteiger partial charge in [-0.1, -0.05) is 30.0 Å². The number of aromatic nitrogens is 2. The van der Waals surface area contributed by atoms with Crippen molar-refractivity contribution in [2.75, 3.05) is 6.54 Å². The molecule has 0 aliphatic carbocycles. The zero-order valence-corrected chi connectivity index (χ0v) is 9.85. The molecule has 0 unspecified atom stereocenters. The van der Waals surface area contributed by atoms with E-state index >= 15 is 0 Å². The van der Waals surface area contributed by atoms with Crippen molar-refractivity contribution in [2.45, 2.75) is 13.5 Å². The van der Waals surface area contributed by atoms with Gasteiger partial charge in [-0.25, -0.2) is 4.98 Å². The lowest BCUT2D eigenvalue weighted by Gasteiger charge is -2.07. The first-order chi connectivity index (χ1) is 8.31. The summed E-state index contributed by atoms with van der Waals surface area (Å²) < 4.78 is 2.10. The van der Waals surface area contributed by atoms with E-state index in [1.54, 1.807) is 0 Å². The van der Waals surface area contributed by atoms with E-state index in [1.807, 2.05) is 37.5 Å². The number of nitrogens with two attached hydrogens (primary N) is 1. The van der Waals surface area contributed by atoms with Crippen LogP contribution < -0.4 is 5.73 Å². The smallest absolute Gasteiger partial charge is 0.105 e. The molecular formula is C14H15N3. The van der Waals surface area contributed by atoms with Gasteiger partial charge in [0.05, 0.1) is 6.54 Å². The van der Waals surface area contributed by atoms with Crippen LogP contribution in [-0.2, 0) is 6.54 Å². The summed E-state index contributed by atoms with van der Waals surface area (Å²) in [5.74, 6) is 6.99. The van der Waals surface area contributed by atoms with Gasteiger partial charge in [0.1, 0.15) is 5.82 Å². The van der Waals surface area contributed by atoms with Crippen molar-refractivity contribution in [3.8, 4) is 11.8 Å². The van der Waals surface area contributed by atoms with E-state index in [0.29, 0.717) is 6.54 Å². The molecule has 1 aromatic carbocycles. The van der Waals surface area contributed by atoms with Crippen LogP contribution in [0.4, 0.5) is 0 Å². The van der Waals surface area contributed by atoms with Crippen LogP contribution in [0, 0.1) is 18.8 Å². The minimum atomic E-state index is 0.387. The van der Waals surface area contributed by atoms with E-state index in [0.717, 1.165) is 17.9 Å². The Hall–Kier alpha value is -2.05. The minimum Gasteiger partial charge on any atom is -0.331 e. The summed E-state index contributed by atoms with van der Waals surface area (Å²) in [6.45, 7) is 3.17.